The number of halogens is 1. The van der Waals surface area contributed by atoms with Crippen molar-refractivity contribution >= 4 is 31.1 Å². The highest BCUT2D eigenvalue weighted by atomic mass is 79.9. The molecule has 0 bridgehead atoms. The zero-order valence-electron chi connectivity index (χ0n) is 10.8. The van der Waals surface area contributed by atoms with Crippen LogP contribution in [0.25, 0.3) is 0 Å². The molecule has 0 aromatic heterocycles. The number of aryl methyl sites for hydroxylation is 1. The largest absolute Gasteiger partial charge is 0.496 e. The van der Waals surface area contributed by atoms with Crippen molar-refractivity contribution in [1.29, 1.82) is 0 Å². The molecule has 0 aliphatic carbocycles. The van der Waals surface area contributed by atoms with Crippen LogP contribution >= 0.6 is 31.1 Å². The lowest BCUT2D eigenvalue weighted by Gasteiger charge is -2.18. The Labute approximate surface area is 124 Å². The lowest BCUT2D eigenvalue weighted by molar-refractivity contribution is 0.366. The quantitative estimate of drug-likeness (QED) is 0.569. The molecule has 0 saturated heterocycles. The van der Waals surface area contributed by atoms with Crippen molar-refractivity contribution < 1.29 is 33.4 Å². The molecule has 4 N–H and O–H groups in total. The fraction of sp³-hybridized carbons (Fsp3) is 0.400. The standard InChI is InChI=1S/C10H15BrO7P2/c1-6-3-7(4-19(12,13)14)10(18-2)8(9(6)11)5-20(15,16)17/h3H,4-5H2,1-2H3,(H2,12,13,14)(H2,15,16,17). The second kappa shape index (κ2) is 6.28. The summed E-state index contributed by atoms with van der Waals surface area (Å²) in [6, 6.07) is 1.52. The van der Waals surface area contributed by atoms with Gasteiger partial charge in [-0.25, -0.2) is 0 Å². The minimum absolute atomic E-state index is 0.0779. The van der Waals surface area contributed by atoms with Gasteiger partial charge in [0.15, 0.2) is 0 Å². The SMILES string of the molecule is COc1c(CP(=O)(O)O)cc(C)c(Br)c1CP(=O)(O)O. The van der Waals surface area contributed by atoms with Gasteiger partial charge in [0.1, 0.15) is 5.75 Å². The van der Waals surface area contributed by atoms with Crippen LogP contribution in [0.4, 0.5) is 0 Å². The van der Waals surface area contributed by atoms with Crippen molar-refractivity contribution in [3.05, 3.63) is 27.2 Å². The molecule has 0 aliphatic heterocycles. The van der Waals surface area contributed by atoms with Crippen molar-refractivity contribution in [3.8, 4) is 5.75 Å². The Morgan fingerprint density at radius 2 is 1.65 bits per heavy atom. The number of hydrogen-bond acceptors (Lipinski definition) is 3. The van der Waals surface area contributed by atoms with Gasteiger partial charge in [-0.2, -0.15) is 0 Å². The minimum atomic E-state index is -4.35. The number of ether oxygens (including phenoxy) is 1. The van der Waals surface area contributed by atoms with Crippen molar-refractivity contribution in [2.24, 2.45) is 0 Å². The van der Waals surface area contributed by atoms with Crippen LogP contribution in [0.5, 0.6) is 5.75 Å². The molecule has 1 aromatic carbocycles. The van der Waals surface area contributed by atoms with E-state index in [1.165, 1.54) is 13.2 Å². The van der Waals surface area contributed by atoms with Gasteiger partial charge in [0, 0.05) is 15.6 Å². The molecule has 0 heterocycles. The highest BCUT2D eigenvalue weighted by molar-refractivity contribution is 9.10. The van der Waals surface area contributed by atoms with Gasteiger partial charge in [-0.15, -0.1) is 0 Å². The van der Waals surface area contributed by atoms with Gasteiger partial charge in [0.2, 0.25) is 0 Å². The van der Waals surface area contributed by atoms with E-state index < -0.39 is 27.5 Å². The maximum absolute atomic E-state index is 11.2. The number of rotatable bonds is 5. The molecule has 1 aromatic rings. The van der Waals surface area contributed by atoms with E-state index in [0.717, 1.165) is 0 Å². The van der Waals surface area contributed by atoms with Crippen LogP contribution in [0.3, 0.4) is 0 Å². The fourth-order valence-electron chi connectivity index (χ4n) is 1.86. The fourth-order valence-corrected chi connectivity index (χ4v) is 3.91. The van der Waals surface area contributed by atoms with Gasteiger partial charge in [-0.1, -0.05) is 22.0 Å². The molecule has 0 saturated carbocycles. The summed E-state index contributed by atoms with van der Waals surface area (Å²) < 4.78 is 27.9. The summed E-state index contributed by atoms with van der Waals surface area (Å²) in [5, 5.41) is 0. The molecule has 0 fully saturated rings. The van der Waals surface area contributed by atoms with Gasteiger partial charge in [-0.3, -0.25) is 9.13 Å². The van der Waals surface area contributed by atoms with Gasteiger partial charge in [0.25, 0.3) is 0 Å². The zero-order valence-corrected chi connectivity index (χ0v) is 14.2. The molecular formula is C10H15BrO7P2. The predicted octanol–water partition coefficient (Wildman–Crippen LogP) is 2.12. The van der Waals surface area contributed by atoms with E-state index in [-0.39, 0.29) is 16.9 Å². The van der Waals surface area contributed by atoms with E-state index in [1.807, 2.05) is 0 Å². The first-order valence-corrected chi connectivity index (χ1v) is 9.77. The smallest absolute Gasteiger partial charge is 0.330 e. The van der Waals surface area contributed by atoms with Crippen LogP contribution in [0.1, 0.15) is 16.7 Å². The van der Waals surface area contributed by atoms with Crippen LogP contribution in [-0.4, -0.2) is 26.7 Å². The normalized spacial score (nSPS) is 12.6. The van der Waals surface area contributed by atoms with Crippen LogP contribution < -0.4 is 4.74 Å². The summed E-state index contributed by atoms with van der Waals surface area (Å²) in [5.74, 6) is 0.0779. The summed E-state index contributed by atoms with van der Waals surface area (Å²) in [7, 11) is -7.39. The molecule has 0 atom stereocenters. The van der Waals surface area contributed by atoms with Gasteiger partial charge < -0.3 is 24.3 Å². The minimum Gasteiger partial charge on any atom is -0.496 e. The summed E-state index contributed by atoms with van der Waals surface area (Å²) in [5.41, 5.74) is 1.02. The van der Waals surface area contributed by atoms with Crippen LogP contribution in [0.2, 0.25) is 0 Å². The van der Waals surface area contributed by atoms with Gasteiger partial charge in [0.05, 0.1) is 19.4 Å². The molecule has 0 radical (unpaired) electrons. The van der Waals surface area contributed by atoms with E-state index >= 15 is 0 Å². The third-order valence-electron chi connectivity index (χ3n) is 2.51. The lowest BCUT2D eigenvalue weighted by atomic mass is 10.1. The molecule has 0 spiro atoms. The van der Waals surface area contributed by atoms with Crippen LogP contribution in [0.15, 0.2) is 10.5 Å². The Bertz CT molecular complexity index is 604. The highest BCUT2D eigenvalue weighted by Crippen LogP contribution is 2.49. The Morgan fingerprint density at radius 1 is 1.15 bits per heavy atom. The molecule has 0 amide bonds. The van der Waals surface area contributed by atoms with E-state index in [0.29, 0.717) is 10.0 Å². The van der Waals surface area contributed by atoms with Crippen LogP contribution in [-0.2, 0) is 21.5 Å². The summed E-state index contributed by atoms with van der Waals surface area (Å²) >= 11 is 3.22. The Kier molecular flexibility index (Phi) is 5.60. The highest BCUT2D eigenvalue weighted by Gasteiger charge is 2.26. The van der Waals surface area contributed by atoms with Crippen molar-refractivity contribution in [2.45, 2.75) is 19.2 Å². The average molecular weight is 389 g/mol. The molecule has 7 nitrogen and oxygen atoms in total. The predicted molar refractivity (Wildman–Crippen MR) is 76.9 cm³/mol. The molecular weight excluding hydrogens is 374 g/mol. The zero-order chi connectivity index (χ0) is 15.7. The van der Waals surface area contributed by atoms with Gasteiger partial charge >= 0.3 is 15.2 Å². The number of benzene rings is 1. The first kappa shape index (κ1) is 17.9. The summed E-state index contributed by atoms with van der Waals surface area (Å²) in [6.45, 7) is 1.66. The maximum Gasteiger partial charge on any atom is 0.330 e. The number of methoxy groups -OCH3 is 1. The van der Waals surface area contributed by atoms with E-state index in [2.05, 4.69) is 15.9 Å². The Balaban J connectivity index is 3.48. The topological polar surface area (TPSA) is 124 Å². The molecule has 0 unspecified atom stereocenters. The molecule has 0 aliphatic rings. The second-order valence-corrected chi connectivity index (χ2v) is 8.41. The third kappa shape index (κ3) is 4.97. The Morgan fingerprint density at radius 3 is 2.05 bits per heavy atom. The summed E-state index contributed by atoms with van der Waals surface area (Å²) in [4.78, 5) is 36.4. The average Bonchev–Trinajstić information content (AvgIpc) is 2.21. The number of hydrogen-bond donors (Lipinski definition) is 4. The Hall–Kier alpha value is -0.200. The van der Waals surface area contributed by atoms with Crippen molar-refractivity contribution in [1.82, 2.24) is 0 Å². The molecule has 114 valence electrons. The molecule has 20 heavy (non-hydrogen) atoms. The van der Waals surface area contributed by atoms with E-state index in [4.69, 9.17) is 24.3 Å². The first-order valence-electron chi connectivity index (χ1n) is 5.38. The summed E-state index contributed by atoms with van der Waals surface area (Å²) in [6.07, 6.45) is -1.13. The monoisotopic (exact) mass is 388 g/mol. The third-order valence-corrected chi connectivity index (χ3v) is 5.10. The van der Waals surface area contributed by atoms with Crippen LogP contribution in [0, 0.1) is 6.92 Å². The molecule has 1 rings (SSSR count). The van der Waals surface area contributed by atoms with Gasteiger partial charge in [-0.05, 0) is 12.5 Å². The second-order valence-electron chi connectivity index (χ2n) is 4.32. The van der Waals surface area contributed by atoms with Crippen molar-refractivity contribution in [3.63, 3.8) is 0 Å². The van der Waals surface area contributed by atoms with Crippen molar-refractivity contribution in [2.75, 3.05) is 7.11 Å². The lowest BCUT2D eigenvalue weighted by Crippen LogP contribution is -2.02. The maximum atomic E-state index is 11.2. The van der Waals surface area contributed by atoms with E-state index in [1.54, 1.807) is 6.92 Å². The molecule has 10 heteroatoms. The first-order chi connectivity index (χ1) is 8.94. The van der Waals surface area contributed by atoms with E-state index in [9.17, 15) is 9.13 Å².